The molecule has 2 aliphatic rings. The fraction of sp³-hybridized carbons (Fsp3) is 0.500. The lowest BCUT2D eigenvalue weighted by Gasteiger charge is -2.43. The highest BCUT2D eigenvalue weighted by molar-refractivity contribution is 5.81. The van der Waals surface area contributed by atoms with E-state index in [1.165, 1.54) is 31.4 Å². The van der Waals surface area contributed by atoms with E-state index in [0.29, 0.717) is 33.9 Å². The summed E-state index contributed by atoms with van der Waals surface area (Å²) >= 11 is 0. The van der Waals surface area contributed by atoms with Crippen molar-refractivity contribution in [2.45, 2.75) is 51.2 Å². The molecule has 1 atom stereocenters. The van der Waals surface area contributed by atoms with Gasteiger partial charge in [-0.25, -0.2) is 9.97 Å². The second kappa shape index (κ2) is 7.76. The molecule has 1 aliphatic heterocycles. The summed E-state index contributed by atoms with van der Waals surface area (Å²) in [5, 5.41) is 3.52. The van der Waals surface area contributed by atoms with E-state index in [2.05, 4.69) is 22.2 Å². The number of rotatable bonds is 3. The van der Waals surface area contributed by atoms with Crippen LogP contribution in [0, 0.1) is 12.3 Å². The Morgan fingerprint density at radius 2 is 1.94 bits per heavy atom. The van der Waals surface area contributed by atoms with Gasteiger partial charge in [-0.2, -0.15) is 13.2 Å². The molecule has 8 heteroatoms. The molecule has 1 spiro atoms. The number of nitrogens with one attached hydrogen (secondary N) is 1. The lowest BCUT2D eigenvalue weighted by atomic mass is 9.74. The maximum atomic E-state index is 13.3. The van der Waals surface area contributed by atoms with Gasteiger partial charge in [0.05, 0.1) is 11.3 Å². The third-order valence-electron chi connectivity index (χ3n) is 7.49. The Morgan fingerprint density at radius 3 is 2.66 bits per heavy atom. The topological polar surface area (TPSA) is 45.5 Å². The Hall–Kier alpha value is -2.61. The molecule has 3 heterocycles. The number of nitrogens with zero attached hydrogens (tertiary/aromatic N) is 4. The number of imidazole rings is 1. The Kier molecular flexibility index (Phi) is 5.15. The van der Waals surface area contributed by atoms with E-state index in [0.717, 1.165) is 37.9 Å². The molecule has 0 unspecified atom stereocenters. The van der Waals surface area contributed by atoms with Gasteiger partial charge < -0.3 is 10.2 Å². The number of halogens is 3. The first kappa shape index (κ1) is 21.2. The van der Waals surface area contributed by atoms with Crippen LogP contribution in [-0.2, 0) is 6.18 Å². The number of fused-ring (bicyclic) bond motifs is 1. The van der Waals surface area contributed by atoms with Crippen LogP contribution in [0.25, 0.3) is 16.8 Å². The van der Waals surface area contributed by atoms with Gasteiger partial charge >= 0.3 is 6.18 Å². The Balaban J connectivity index is 1.50. The fourth-order valence-corrected chi connectivity index (χ4v) is 5.82. The van der Waals surface area contributed by atoms with Crippen molar-refractivity contribution in [2.75, 3.05) is 25.0 Å². The number of aryl methyl sites for hydroxylation is 1. The van der Waals surface area contributed by atoms with Gasteiger partial charge in [0.25, 0.3) is 0 Å². The zero-order valence-corrected chi connectivity index (χ0v) is 18.4. The Bertz CT molecular complexity index is 1130. The minimum atomic E-state index is -4.39. The van der Waals surface area contributed by atoms with Gasteiger partial charge in [0.1, 0.15) is 5.65 Å². The van der Waals surface area contributed by atoms with Gasteiger partial charge in [-0.05, 0) is 62.8 Å². The van der Waals surface area contributed by atoms with Gasteiger partial charge in [-0.3, -0.25) is 4.40 Å². The molecular weight excluding hydrogens is 415 g/mol. The lowest BCUT2D eigenvalue weighted by Crippen LogP contribution is -2.48. The summed E-state index contributed by atoms with van der Waals surface area (Å²) in [6.45, 7) is 3.69. The predicted molar refractivity (Wildman–Crippen MR) is 119 cm³/mol. The highest BCUT2D eigenvalue weighted by atomic mass is 19.4. The van der Waals surface area contributed by atoms with E-state index in [4.69, 9.17) is 4.98 Å². The molecule has 1 N–H and O–H groups in total. The van der Waals surface area contributed by atoms with Gasteiger partial charge in [0.2, 0.25) is 5.95 Å². The third-order valence-corrected chi connectivity index (χ3v) is 7.49. The average molecular weight is 444 g/mol. The first-order valence-corrected chi connectivity index (χ1v) is 11.3. The van der Waals surface area contributed by atoms with Crippen LogP contribution in [-0.4, -0.2) is 40.5 Å². The molecule has 5 rings (SSSR count). The normalized spacial score (nSPS) is 21.0. The van der Waals surface area contributed by atoms with E-state index in [1.54, 1.807) is 12.3 Å². The van der Waals surface area contributed by atoms with Crippen molar-refractivity contribution in [3.05, 3.63) is 47.9 Å². The molecular formula is C24H28F3N5. The summed E-state index contributed by atoms with van der Waals surface area (Å²) in [6.07, 6.45) is 5.17. The first-order valence-electron chi connectivity index (χ1n) is 11.3. The van der Waals surface area contributed by atoms with Crippen molar-refractivity contribution in [1.82, 2.24) is 19.7 Å². The third kappa shape index (κ3) is 3.45. The number of benzene rings is 1. The largest absolute Gasteiger partial charge is 0.416 e. The smallest absolute Gasteiger partial charge is 0.342 e. The molecule has 1 saturated carbocycles. The molecule has 3 aromatic rings. The van der Waals surface area contributed by atoms with Crippen LogP contribution in [0.5, 0.6) is 0 Å². The zero-order chi connectivity index (χ0) is 22.5. The van der Waals surface area contributed by atoms with Crippen LogP contribution in [0.4, 0.5) is 19.1 Å². The summed E-state index contributed by atoms with van der Waals surface area (Å²) in [6, 6.07) is 5.98. The summed E-state index contributed by atoms with van der Waals surface area (Å²) in [5.41, 5.74) is 2.15. The predicted octanol–water partition coefficient (Wildman–Crippen LogP) is 5.08. The quantitative estimate of drug-likeness (QED) is 0.613. The summed E-state index contributed by atoms with van der Waals surface area (Å²) in [4.78, 5) is 11.7. The molecule has 1 aromatic carbocycles. The maximum Gasteiger partial charge on any atom is 0.416 e. The summed E-state index contributed by atoms with van der Waals surface area (Å²) in [5.74, 6) is 0.819. The molecule has 1 saturated heterocycles. The van der Waals surface area contributed by atoms with Crippen molar-refractivity contribution in [3.63, 3.8) is 0 Å². The van der Waals surface area contributed by atoms with E-state index < -0.39 is 11.7 Å². The van der Waals surface area contributed by atoms with E-state index >= 15 is 0 Å². The van der Waals surface area contributed by atoms with Crippen LogP contribution in [0.3, 0.4) is 0 Å². The molecule has 2 aromatic heterocycles. The number of hydrogen-bond acceptors (Lipinski definition) is 4. The lowest BCUT2D eigenvalue weighted by molar-refractivity contribution is -0.137. The number of anilines is 1. The van der Waals surface area contributed by atoms with Gasteiger partial charge in [0, 0.05) is 37.1 Å². The van der Waals surface area contributed by atoms with Crippen LogP contribution in [0.1, 0.15) is 43.4 Å². The minimum Gasteiger partial charge on any atom is -0.342 e. The average Bonchev–Trinajstić information content (AvgIpc) is 3.40. The zero-order valence-electron chi connectivity index (χ0n) is 18.4. The number of aromatic nitrogens is 3. The maximum absolute atomic E-state index is 13.3. The van der Waals surface area contributed by atoms with Crippen molar-refractivity contribution < 1.29 is 13.2 Å². The summed E-state index contributed by atoms with van der Waals surface area (Å²) in [7, 11) is 2.07. The van der Waals surface area contributed by atoms with Crippen molar-refractivity contribution in [3.8, 4) is 11.1 Å². The number of hydrogen-bond donors (Lipinski definition) is 1. The van der Waals surface area contributed by atoms with Crippen LogP contribution >= 0.6 is 0 Å². The highest BCUT2D eigenvalue weighted by Gasteiger charge is 2.44. The number of piperidine rings is 1. The molecule has 1 aliphatic carbocycles. The van der Waals surface area contributed by atoms with Gasteiger partial charge in [-0.1, -0.05) is 18.6 Å². The SMILES string of the molecule is CN[C@@H]1CCCC12CCN(c1nc(C)c(-c3cccc(C(F)(F)F)c3)c3nccn13)CC2. The molecule has 170 valence electrons. The second-order valence-corrected chi connectivity index (χ2v) is 9.15. The highest BCUT2D eigenvalue weighted by Crippen LogP contribution is 2.47. The fourth-order valence-electron chi connectivity index (χ4n) is 5.82. The summed E-state index contributed by atoms with van der Waals surface area (Å²) < 4.78 is 41.8. The molecule has 0 amide bonds. The molecule has 0 bridgehead atoms. The van der Waals surface area contributed by atoms with Gasteiger partial charge in [-0.15, -0.1) is 0 Å². The van der Waals surface area contributed by atoms with Gasteiger partial charge in [0.15, 0.2) is 0 Å². The van der Waals surface area contributed by atoms with Crippen molar-refractivity contribution >= 4 is 11.6 Å². The van der Waals surface area contributed by atoms with Crippen LogP contribution in [0.15, 0.2) is 36.7 Å². The molecule has 5 nitrogen and oxygen atoms in total. The molecule has 2 fully saturated rings. The monoisotopic (exact) mass is 443 g/mol. The molecule has 32 heavy (non-hydrogen) atoms. The van der Waals surface area contributed by atoms with Crippen molar-refractivity contribution in [2.24, 2.45) is 5.41 Å². The minimum absolute atomic E-state index is 0.367. The standard InChI is InChI=1S/C24H28F3N5/c1-16-20(17-5-3-6-18(15-17)24(25,26)27)21-29-11-14-32(21)22(30-16)31-12-9-23(10-13-31)8-4-7-19(23)28-2/h3,5-6,11,14-15,19,28H,4,7-10,12-13H2,1-2H3/t19-/m1/s1. The second-order valence-electron chi connectivity index (χ2n) is 9.15. The van der Waals surface area contributed by atoms with Crippen LogP contribution < -0.4 is 10.2 Å². The van der Waals surface area contributed by atoms with E-state index in [1.807, 2.05) is 17.5 Å². The Morgan fingerprint density at radius 1 is 1.16 bits per heavy atom. The van der Waals surface area contributed by atoms with Crippen molar-refractivity contribution in [1.29, 1.82) is 0 Å². The van der Waals surface area contributed by atoms with E-state index in [9.17, 15) is 13.2 Å². The van der Waals surface area contributed by atoms with Crippen LogP contribution in [0.2, 0.25) is 0 Å². The number of alkyl halides is 3. The molecule has 0 radical (unpaired) electrons. The van der Waals surface area contributed by atoms with E-state index in [-0.39, 0.29) is 0 Å². The Labute approximate surface area is 185 Å². The first-order chi connectivity index (χ1) is 15.3.